The first kappa shape index (κ1) is 20.0. The molecule has 0 aliphatic carbocycles. The Morgan fingerprint density at radius 1 is 1.13 bits per heavy atom. The van der Waals surface area contributed by atoms with Gasteiger partial charge in [0, 0.05) is 5.39 Å². The van der Waals surface area contributed by atoms with Gasteiger partial charge in [-0.15, -0.1) is 5.10 Å². The molecule has 4 rings (SSSR count). The van der Waals surface area contributed by atoms with Gasteiger partial charge in [-0.2, -0.15) is 0 Å². The summed E-state index contributed by atoms with van der Waals surface area (Å²) in [5.74, 6) is -0.0542. The molecule has 2 aromatic carbocycles. The molecule has 0 unspecified atom stereocenters. The second kappa shape index (κ2) is 8.23. The minimum Gasteiger partial charge on any atom is -0.497 e. The lowest BCUT2D eigenvalue weighted by molar-refractivity contribution is 0.100. The topological polar surface area (TPSA) is 125 Å². The Morgan fingerprint density at radius 2 is 1.87 bits per heavy atom. The number of pyridine rings is 1. The molecule has 0 spiro atoms. The van der Waals surface area contributed by atoms with Gasteiger partial charge < -0.3 is 15.8 Å². The number of fused-ring (bicyclic) bond motifs is 1. The Balaban J connectivity index is 1.57. The Labute approximate surface area is 177 Å². The molecule has 9 nitrogen and oxygen atoms in total. The number of carbonyl (C=O) groups is 2. The van der Waals surface area contributed by atoms with Crippen molar-refractivity contribution in [2.24, 2.45) is 5.73 Å². The Morgan fingerprint density at radius 3 is 2.58 bits per heavy atom. The number of rotatable bonds is 6. The molecule has 0 saturated carbocycles. The van der Waals surface area contributed by atoms with Crippen molar-refractivity contribution in [2.45, 2.75) is 13.5 Å². The number of primary amides is 1. The summed E-state index contributed by atoms with van der Waals surface area (Å²) in [6, 6.07) is 16.0. The molecule has 156 valence electrons. The number of nitrogens with two attached hydrogens (primary N) is 1. The first-order valence-corrected chi connectivity index (χ1v) is 9.50. The van der Waals surface area contributed by atoms with Crippen molar-refractivity contribution in [3.63, 3.8) is 0 Å². The minimum atomic E-state index is -0.630. The van der Waals surface area contributed by atoms with Crippen LogP contribution in [-0.2, 0) is 6.54 Å². The zero-order chi connectivity index (χ0) is 22.0. The predicted molar refractivity (Wildman–Crippen MR) is 115 cm³/mol. The van der Waals surface area contributed by atoms with E-state index >= 15 is 0 Å². The maximum absolute atomic E-state index is 12.8. The molecular weight excluding hydrogens is 396 g/mol. The first-order chi connectivity index (χ1) is 15.0. The number of benzene rings is 2. The Kier molecular flexibility index (Phi) is 5.31. The molecule has 9 heteroatoms. The molecule has 0 bridgehead atoms. The van der Waals surface area contributed by atoms with Gasteiger partial charge in [0.25, 0.3) is 5.91 Å². The lowest BCUT2D eigenvalue weighted by Gasteiger charge is -2.08. The number of anilines is 1. The molecule has 31 heavy (non-hydrogen) atoms. The van der Waals surface area contributed by atoms with E-state index in [4.69, 9.17) is 10.5 Å². The number of para-hydroxylation sites is 1. The molecule has 0 aliphatic rings. The molecule has 0 fully saturated rings. The van der Waals surface area contributed by atoms with E-state index in [0.717, 1.165) is 11.3 Å². The third kappa shape index (κ3) is 4.06. The van der Waals surface area contributed by atoms with Crippen LogP contribution in [0.5, 0.6) is 5.75 Å². The van der Waals surface area contributed by atoms with Crippen LogP contribution in [0.2, 0.25) is 0 Å². The average molecular weight is 416 g/mol. The predicted octanol–water partition coefficient (Wildman–Crippen LogP) is 2.54. The molecule has 0 radical (unpaired) electrons. The van der Waals surface area contributed by atoms with Crippen molar-refractivity contribution in [1.82, 2.24) is 20.0 Å². The van der Waals surface area contributed by atoms with Crippen LogP contribution in [0.25, 0.3) is 10.9 Å². The number of ether oxygens (including phenoxy) is 1. The smallest absolute Gasteiger partial charge is 0.275 e. The highest BCUT2D eigenvalue weighted by atomic mass is 16.5. The molecule has 0 atom stereocenters. The highest BCUT2D eigenvalue weighted by molar-refractivity contribution is 6.10. The van der Waals surface area contributed by atoms with Crippen LogP contribution < -0.4 is 15.8 Å². The molecule has 2 heterocycles. The van der Waals surface area contributed by atoms with Gasteiger partial charge in [0.2, 0.25) is 5.91 Å². The van der Waals surface area contributed by atoms with Crippen molar-refractivity contribution in [2.75, 3.05) is 12.4 Å². The van der Waals surface area contributed by atoms with Gasteiger partial charge in [0.1, 0.15) is 11.4 Å². The molecule has 0 aliphatic heterocycles. The number of nitrogens with zero attached hydrogens (tertiary/aromatic N) is 4. The monoisotopic (exact) mass is 416 g/mol. The summed E-state index contributed by atoms with van der Waals surface area (Å²) in [4.78, 5) is 29.0. The van der Waals surface area contributed by atoms with Crippen LogP contribution in [-0.4, -0.2) is 38.9 Å². The summed E-state index contributed by atoms with van der Waals surface area (Å²) in [6.45, 7) is 2.29. The van der Waals surface area contributed by atoms with Crippen LogP contribution in [0.1, 0.15) is 32.1 Å². The number of nitrogens with one attached hydrogen (secondary N) is 1. The minimum absolute atomic E-state index is 0.0663. The van der Waals surface area contributed by atoms with E-state index in [2.05, 4.69) is 20.6 Å². The largest absolute Gasteiger partial charge is 0.497 e. The van der Waals surface area contributed by atoms with Crippen molar-refractivity contribution >= 4 is 28.5 Å². The van der Waals surface area contributed by atoms with Crippen LogP contribution in [0, 0.1) is 6.92 Å². The number of amides is 2. The van der Waals surface area contributed by atoms with Crippen LogP contribution >= 0.6 is 0 Å². The van der Waals surface area contributed by atoms with E-state index in [1.165, 1.54) is 6.07 Å². The van der Waals surface area contributed by atoms with E-state index in [9.17, 15) is 9.59 Å². The third-order valence-electron chi connectivity index (χ3n) is 4.92. The van der Waals surface area contributed by atoms with E-state index in [1.807, 2.05) is 31.2 Å². The summed E-state index contributed by atoms with van der Waals surface area (Å²) in [7, 11) is 1.61. The summed E-state index contributed by atoms with van der Waals surface area (Å²) in [5, 5.41) is 11.5. The molecular formula is C22H20N6O3. The summed E-state index contributed by atoms with van der Waals surface area (Å²) >= 11 is 0. The second-order valence-electron chi connectivity index (χ2n) is 6.92. The lowest BCUT2D eigenvalue weighted by atomic mass is 10.1. The number of hydrogen-bond acceptors (Lipinski definition) is 6. The highest BCUT2D eigenvalue weighted by Crippen LogP contribution is 2.20. The highest BCUT2D eigenvalue weighted by Gasteiger charge is 2.18. The van der Waals surface area contributed by atoms with Gasteiger partial charge in [-0.25, -0.2) is 9.67 Å². The van der Waals surface area contributed by atoms with E-state index in [1.54, 1.807) is 36.1 Å². The van der Waals surface area contributed by atoms with Gasteiger partial charge in [0.05, 0.1) is 30.4 Å². The van der Waals surface area contributed by atoms with Gasteiger partial charge in [-0.1, -0.05) is 35.5 Å². The van der Waals surface area contributed by atoms with Crippen LogP contribution in [0.3, 0.4) is 0 Å². The fourth-order valence-electron chi connectivity index (χ4n) is 3.20. The molecule has 4 aromatic rings. The standard InChI is InChI=1S/C22H20N6O3/c1-13-21(26-27-28(13)12-14-7-9-15(31-2)10-8-14)25-22(30)19-11-17(20(23)29)16-5-3-4-6-18(16)24-19/h3-11H,12H2,1-2H3,(H2,23,29)(H,25,30). The molecule has 2 amide bonds. The van der Waals surface area contributed by atoms with E-state index < -0.39 is 11.8 Å². The van der Waals surface area contributed by atoms with Gasteiger partial charge >= 0.3 is 0 Å². The van der Waals surface area contributed by atoms with Gasteiger partial charge in [0.15, 0.2) is 5.82 Å². The first-order valence-electron chi connectivity index (χ1n) is 9.50. The van der Waals surface area contributed by atoms with Gasteiger partial charge in [-0.3, -0.25) is 9.59 Å². The summed E-state index contributed by atoms with van der Waals surface area (Å²) < 4.78 is 6.85. The second-order valence-corrected chi connectivity index (χ2v) is 6.92. The van der Waals surface area contributed by atoms with Crippen LogP contribution in [0.15, 0.2) is 54.6 Å². The summed E-state index contributed by atoms with van der Waals surface area (Å²) in [5.41, 5.74) is 7.98. The quantitative estimate of drug-likeness (QED) is 0.498. The zero-order valence-corrected chi connectivity index (χ0v) is 17.0. The average Bonchev–Trinajstić information content (AvgIpc) is 3.12. The number of methoxy groups -OCH3 is 1. The Hall–Kier alpha value is -4.27. The van der Waals surface area contributed by atoms with Gasteiger partial charge in [-0.05, 0) is 36.8 Å². The Bertz CT molecular complexity index is 1280. The maximum Gasteiger partial charge on any atom is 0.275 e. The van der Waals surface area contributed by atoms with Crippen molar-refractivity contribution in [1.29, 1.82) is 0 Å². The van der Waals surface area contributed by atoms with E-state index in [0.29, 0.717) is 29.0 Å². The number of hydrogen-bond donors (Lipinski definition) is 2. The summed E-state index contributed by atoms with van der Waals surface area (Å²) in [6.07, 6.45) is 0. The molecule has 2 aromatic heterocycles. The molecule has 3 N–H and O–H groups in total. The van der Waals surface area contributed by atoms with Crippen molar-refractivity contribution in [3.05, 3.63) is 77.1 Å². The van der Waals surface area contributed by atoms with Crippen LogP contribution in [0.4, 0.5) is 5.82 Å². The molecule has 0 saturated heterocycles. The zero-order valence-electron chi connectivity index (χ0n) is 17.0. The number of carbonyl (C=O) groups excluding carboxylic acids is 2. The maximum atomic E-state index is 12.8. The SMILES string of the molecule is COc1ccc(Cn2nnc(NC(=O)c3cc(C(N)=O)c4ccccc4n3)c2C)cc1. The fraction of sp³-hybridized carbons (Fsp3) is 0.136. The van der Waals surface area contributed by atoms with Crippen molar-refractivity contribution in [3.8, 4) is 5.75 Å². The van der Waals surface area contributed by atoms with Crippen molar-refractivity contribution < 1.29 is 14.3 Å². The fourth-order valence-corrected chi connectivity index (χ4v) is 3.20. The van der Waals surface area contributed by atoms with E-state index in [-0.39, 0.29) is 11.3 Å². The lowest BCUT2D eigenvalue weighted by Crippen LogP contribution is -2.18. The third-order valence-corrected chi connectivity index (χ3v) is 4.92. The number of aromatic nitrogens is 4. The normalized spacial score (nSPS) is 10.8.